The van der Waals surface area contributed by atoms with E-state index in [2.05, 4.69) is 45.6 Å². The second-order valence-corrected chi connectivity index (χ2v) is 7.89. The maximum atomic E-state index is 10.1. The molecule has 1 rings (SSSR count). The minimum absolute atomic E-state index is 0.0305. The average Bonchev–Trinajstić information content (AvgIpc) is 2.55. The largest absolute Gasteiger partial charge is 0.508 e. The quantitative estimate of drug-likeness (QED) is 0.497. The SMILES string of the molecule is CCCCN(CCCC)C(C)CCCC(C)(C)c1ccccc1O. The van der Waals surface area contributed by atoms with Gasteiger partial charge in [-0.05, 0) is 62.7 Å². The van der Waals surface area contributed by atoms with E-state index in [9.17, 15) is 5.11 Å². The Balaban J connectivity index is 2.52. The molecule has 0 saturated carbocycles. The third-order valence-corrected chi connectivity index (χ3v) is 5.28. The van der Waals surface area contributed by atoms with Crippen LogP contribution in [0.4, 0.5) is 0 Å². The summed E-state index contributed by atoms with van der Waals surface area (Å²) in [5.41, 5.74) is 1.11. The molecule has 2 heteroatoms. The second kappa shape index (κ2) is 10.8. The van der Waals surface area contributed by atoms with Crippen LogP contribution >= 0.6 is 0 Å². The number of para-hydroxylation sites is 1. The lowest BCUT2D eigenvalue weighted by molar-refractivity contribution is 0.188. The van der Waals surface area contributed by atoms with Crippen LogP contribution in [0.15, 0.2) is 24.3 Å². The van der Waals surface area contributed by atoms with Gasteiger partial charge >= 0.3 is 0 Å². The van der Waals surface area contributed by atoms with Crippen molar-refractivity contribution < 1.29 is 5.11 Å². The molecule has 0 radical (unpaired) electrons. The predicted molar refractivity (Wildman–Crippen MR) is 106 cm³/mol. The van der Waals surface area contributed by atoms with Crippen LogP contribution < -0.4 is 0 Å². The first-order valence-electron chi connectivity index (χ1n) is 9.94. The number of rotatable bonds is 12. The first-order valence-corrected chi connectivity index (χ1v) is 9.94. The third kappa shape index (κ3) is 6.84. The summed E-state index contributed by atoms with van der Waals surface area (Å²) in [6, 6.07) is 8.44. The Kier molecular flexibility index (Phi) is 9.43. The van der Waals surface area contributed by atoms with Crippen molar-refractivity contribution >= 4 is 0 Å². The topological polar surface area (TPSA) is 23.5 Å². The molecule has 0 fully saturated rings. The highest BCUT2D eigenvalue weighted by atomic mass is 16.3. The molecule has 0 spiro atoms. The van der Waals surface area contributed by atoms with Crippen molar-refractivity contribution in [3.05, 3.63) is 29.8 Å². The zero-order chi connectivity index (χ0) is 18.0. The zero-order valence-electron chi connectivity index (χ0n) is 16.6. The van der Waals surface area contributed by atoms with Gasteiger partial charge in [-0.1, -0.05) is 65.2 Å². The molecule has 138 valence electrons. The van der Waals surface area contributed by atoms with E-state index in [0.717, 1.165) is 12.0 Å². The monoisotopic (exact) mass is 333 g/mol. The summed E-state index contributed by atoms with van der Waals surface area (Å²) in [4.78, 5) is 2.68. The van der Waals surface area contributed by atoms with Gasteiger partial charge in [0.1, 0.15) is 5.75 Å². The van der Waals surface area contributed by atoms with Crippen molar-refractivity contribution in [3.8, 4) is 5.75 Å². The molecule has 1 N–H and O–H groups in total. The molecule has 0 aliphatic carbocycles. The summed E-state index contributed by atoms with van der Waals surface area (Å²) in [6.45, 7) is 13.9. The zero-order valence-corrected chi connectivity index (χ0v) is 16.6. The lowest BCUT2D eigenvalue weighted by Gasteiger charge is -2.31. The van der Waals surface area contributed by atoms with E-state index in [0.29, 0.717) is 11.8 Å². The summed E-state index contributed by atoms with van der Waals surface area (Å²) in [7, 11) is 0. The molecule has 0 aliphatic heterocycles. The van der Waals surface area contributed by atoms with Gasteiger partial charge in [0.2, 0.25) is 0 Å². The smallest absolute Gasteiger partial charge is 0.119 e. The minimum atomic E-state index is 0.0305. The first-order chi connectivity index (χ1) is 11.4. The molecule has 1 aromatic carbocycles. The molecule has 2 nitrogen and oxygen atoms in total. The Morgan fingerprint density at radius 3 is 2.12 bits per heavy atom. The molecule has 0 aromatic heterocycles. The lowest BCUT2D eigenvalue weighted by atomic mass is 9.79. The lowest BCUT2D eigenvalue weighted by Crippen LogP contribution is -2.35. The van der Waals surface area contributed by atoms with Gasteiger partial charge in [0.25, 0.3) is 0 Å². The van der Waals surface area contributed by atoms with Crippen molar-refractivity contribution in [1.82, 2.24) is 4.90 Å². The van der Waals surface area contributed by atoms with E-state index >= 15 is 0 Å². The van der Waals surface area contributed by atoms with Gasteiger partial charge in [-0.15, -0.1) is 0 Å². The second-order valence-electron chi connectivity index (χ2n) is 7.89. The molecule has 1 aromatic rings. The van der Waals surface area contributed by atoms with Gasteiger partial charge in [-0.3, -0.25) is 0 Å². The Hall–Kier alpha value is -1.02. The predicted octanol–water partition coefficient (Wildman–Crippen LogP) is 6.13. The number of hydrogen-bond acceptors (Lipinski definition) is 2. The standard InChI is InChI=1S/C22H39NO/c1-6-8-17-23(18-9-7-2)19(3)13-12-16-22(4,5)20-14-10-11-15-21(20)24/h10-11,14-15,19,24H,6-9,12-13,16-18H2,1-5H3. The van der Waals surface area contributed by atoms with E-state index in [4.69, 9.17) is 0 Å². The molecule has 0 aliphatic rings. The molecule has 0 saturated heterocycles. The first kappa shape index (κ1) is 21.0. The number of phenolic OH excluding ortho intramolecular Hbond substituents is 1. The number of benzene rings is 1. The molecule has 0 heterocycles. The van der Waals surface area contributed by atoms with Gasteiger partial charge in [0.05, 0.1) is 0 Å². The van der Waals surface area contributed by atoms with Crippen LogP contribution in [0.2, 0.25) is 0 Å². The van der Waals surface area contributed by atoms with Crippen LogP contribution in [0.5, 0.6) is 5.75 Å². The van der Waals surface area contributed by atoms with Gasteiger partial charge in [-0.2, -0.15) is 0 Å². The van der Waals surface area contributed by atoms with E-state index in [-0.39, 0.29) is 5.41 Å². The molecular formula is C22H39NO. The van der Waals surface area contributed by atoms with Crippen LogP contribution in [0, 0.1) is 0 Å². The normalized spacial score (nSPS) is 13.4. The van der Waals surface area contributed by atoms with Crippen LogP contribution in [0.25, 0.3) is 0 Å². The van der Waals surface area contributed by atoms with Crippen LogP contribution in [-0.4, -0.2) is 29.1 Å². The van der Waals surface area contributed by atoms with Crippen molar-refractivity contribution in [1.29, 1.82) is 0 Å². The van der Waals surface area contributed by atoms with Gasteiger partial charge in [0, 0.05) is 6.04 Å². The summed E-state index contributed by atoms with van der Waals surface area (Å²) in [5.74, 6) is 0.433. The average molecular weight is 334 g/mol. The molecular weight excluding hydrogens is 294 g/mol. The van der Waals surface area contributed by atoms with Crippen LogP contribution in [0.1, 0.15) is 85.1 Å². The number of phenols is 1. The van der Waals surface area contributed by atoms with Gasteiger partial charge in [0.15, 0.2) is 0 Å². The van der Waals surface area contributed by atoms with Crippen molar-refractivity contribution in [2.45, 2.75) is 91.0 Å². The van der Waals surface area contributed by atoms with E-state index < -0.39 is 0 Å². The number of unbranched alkanes of at least 4 members (excludes halogenated alkanes) is 2. The minimum Gasteiger partial charge on any atom is -0.508 e. The highest BCUT2D eigenvalue weighted by molar-refractivity contribution is 5.37. The Morgan fingerprint density at radius 2 is 1.58 bits per heavy atom. The molecule has 1 atom stereocenters. The maximum absolute atomic E-state index is 10.1. The van der Waals surface area contributed by atoms with Crippen LogP contribution in [0.3, 0.4) is 0 Å². The van der Waals surface area contributed by atoms with Crippen molar-refractivity contribution in [2.24, 2.45) is 0 Å². The van der Waals surface area contributed by atoms with Gasteiger partial charge < -0.3 is 10.0 Å². The highest BCUT2D eigenvalue weighted by Gasteiger charge is 2.24. The summed E-state index contributed by atoms with van der Waals surface area (Å²) in [6.07, 6.45) is 8.71. The summed E-state index contributed by atoms with van der Waals surface area (Å²) in [5, 5.41) is 10.1. The number of hydrogen-bond donors (Lipinski definition) is 1. The van der Waals surface area contributed by atoms with E-state index in [1.807, 2.05) is 12.1 Å². The molecule has 0 amide bonds. The fourth-order valence-corrected chi connectivity index (χ4v) is 3.48. The Bertz CT molecular complexity index is 447. The Labute approximate surface area is 150 Å². The van der Waals surface area contributed by atoms with Gasteiger partial charge in [-0.25, -0.2) is 0 Å². The molecule has 24 heavy (non-hydrogen) atoms. The highest BCUT2D eigenvalue weighted by Crippen LogP contribution is 2.35. The molecule has 1 unspecified atom stereocenters. The summed E-state index contributed by atoms with van der Waals surface area (Å²) < 4.78 is 0. The van der Waals surface area contributed by atoms with Crippen molar-refractivity contribution in [3.63, 3.8) is 0 Å². The van der Waals surface area contributed by atoms with Crippen molar-refractivity contribution in [2.75, 3.05) is 13.1 Å². The Morgan fingerprint density at radius 1 is 1.00 bits per heavy atom. The fraction of sp³-hybridized carbons (Fsp3) is 0.727. The molecule has 0 bridgehead atoms. The summed E-state index contributed by atoms with van der Waals surface area (Å²) >= 11 is 0. The van der Waals surface area contributed by atoms with Crippen LogP contribution in [-0.2, 0) is 5.41 Å². The maximum Gasteiger partial charge on any atom is 0.119 e. The fourth-order valence-electron chi connectivity index (χ4n) is 3.48. The van der Waals surface area contributed by atoms with E-state index in [1.165, 1.54) is 51.6 Å². The number of nitrogens with zero attached hydrogens (tertiary/aromatic N) is 1. The van der Waals surface area contributed by atoms with E-state index in [1.54, 1.807) is 6.07 Å². The third-order valence-electron chi connectivity index (χ3n) is 5.28. The number of aromatic hydroxyl groups is 1.